The smallest absolute Gasteiger partial charge is 0.253 e. The van der Waals surface area contributed by atoms with Gasteiger partial charge in [0.1, 0.15) is 0 Å². The lowest BCUT2D eigenvalue weighted by Gasteiger charge is -2.23. The number of aromatic nitrogens is 2. The first kappa shape index (κ1) is 19.1. The molecule has 1 aliphatic heterocycles. The second-order valence-corrected chi connectivity index (χ2v) is 7.19. The number of amides is 2. The van der Waals surface area contributed by atoms with Crippen LogP contribution in [0.3, 0.4) is 0 Å². The molecule has 2 amide bonds. The van der Waals surface area contributed by atoms with E-state index >= 15 is 0 Å². The van der Waals surface area contributed by atoms with Crippen LogP contribution in [0.25, 0.3) is 11.1 Å². The summed E-state index contributed by atoms with van der Waals surface area (Å²) in [6, 6.07) is 7.68. The molecule has 144 valence electrons. The predicted molar refractivity (Wildman–Crippen MR) is 104 cm³/mol. The number of benzene rings is 1. The maximum atomic E-state index is 12.9. The zero-order valence-corrected chi connectivity index (χ0v) is 16.3. The van der Waals surface area contributed by atoms with Crippen LogP contribution >= 0.6 is 0 Å². The molecule has 1 fully saturated rings. The van der Waals surface area contributed by atoms with Gasteiger partial charge in [-0.1, -0.05) is 12.1 Å². The number of hydrogen-bond donors (Lipinski definition) is 0. The third-order valence-electron chi connectivity index (χ3n) is 4.90. The first-order chi connectivity index (χ1) is 12.9. The van der Waals surface area contributed by atoms with Crippen molar-refractivity contribution < 1.29 is 9.59 Å². The van der Waals surface area contributed by atoms with E-state index in [4.69, 9.17) is 0 Å². The second-order valence-electron chi connectivity index (χ2n) is 7.19. The summed E-state index contributed by atoms with van der Waals surface area (Å²) in [4.78, 5) is 30.4. The molecule has 27 heavy (non-hydrogen) atoms. The maximum Gasteiger partial charge on any atom is 0.253 e. The molecule has 3 rings (SSSR count). The zero-order chi connectivity index (χ0) is 19.4. The number of likely N-dealkylation sites (N-methyl/N-ethyl adjacent to an activating group) is 1. The minimum absolute atomic E-state index is 0.0496. The van der Waals surface area contributed by atoms with E-state index in [0.717, 1.165) is 37.2 Å². The number of nitrogens with zero attached hydrogens (tertiary/aromatic N) is 5. The molecular formula is C20H27N5O2. The van der Waals surface area contributed by atoms with Crippen LogP contribution in [0.5, 0.6) is 0 Å². The van der Waals surface area contributed by atoms with E-state index in [1.54, 1.807) is 23.7 Å². The van der Waals surface area contributed by atoms with Gasteiger partial charge in [0.25, 0.3) is 5.91 Å². The van der Waals surface area contributed by atoms with Gasteiger partial charge >= 0.3 is 0 Å². The molecule has 2 heterocycles. The fourth-order valence-electron chi connectivity index (χ4n) is 3.22. The van der Waals surface area contributed by atoms with E-state index in [1.807, 2.05) is 48.6 Å². The standard InChI is InChI=1S/C20H27N5O2/c1-22(2)19(26)15-24-9-4-10-25(12-11-24)20(27)17-7-5-16(6-8-17)18-13-21-23(3)14-18/h5-8,13-14H,4,9-12,15H2,1-3H3. The quantitative estimate of drug-likeness (QED) is 0.816. The molecule has 7 nitrogen and oxygen atoms in total. The highest BCUT2D eigenvalue weighted by Crippen LogP contribution is 2.19. The number of rotatable bonds is 4. The maximum absolute atomic E-state index is 12.9. The summed E-state index contributed by atoms with van der Waals surface area (Å²) in [5, 5.41) is 4.18. The van der Waals surface area contributed by atoms with Crippen molar-refractivity contribution in [1.82, 2.24) is 24.5 Å². The van der Waals surface area contributed by atoms with Gasteiger partial charge < -0.3 is 9.80 Å². The Hall–Kier alpha value is -2.67. The first-order valence-electron chi connectivity index (χ1n) is 9.25. The molecule has 0 bridgehead atoms. The summed E-state index contributed by atoms with van der Waals surface area (Å²) >= 11 is 0. The van der Waals surface area contributed by atoms with E-state index in [0.29, 0.717) is 18.7 Å². The van der Waals surface area contributed by atoms with Gasteiger partial charge in [-0.25, -0.2) is 0 Å². The van der Waals surface area contributed by atoms with Crippen molar-refractivity contribution in [2.75, 3.05) is 46.8 Å². The molecule has 0 unspecified atom stereocenters. The van der Waals surface area contributed by atoms with Crippen molar-refractivity contribution in [3.8, 4) is 11.1 Å². The van der Waals surface area contributed by atoms with Crippen LogP contribution in [0.2, 0.25) is 0 Å². The SMILES string of the molecule is CN(C)C(=O)CN1CCCN(C(=O)c2ccc(-c3cnn(C)c3)cc2)CC1. The van der Waals surface area contributed by atoms with Gasteiger partial charge in [-0.05, 0) is 24.1 Å². The minimum atomic E-state index is 0.0496. The fraction of sp³-hybridized carbons (Fsp3) is 0.450. The highest BCUT2D eigenvalue weighted by molar-refractivity contribution is 5.94. The number of hydrogen-bond acceptors (Lipinski definition) is 4. The molecule has 0 aliphatic carbocycles. The zero-order valence-electron chi connectivity index (χ0n) is 16.3. The number of carbonyl (C=O) groups excluding carboxylic acids is 2. The van der Waals surface area contributed by atoms with Crippen molar-refractivity contribution in [2.24, 2.45) is 7.05 Å². The summed E-state index contributed by atoms with van der Waals surface area (Å²) in [6.45, 7) is 3.33. The van der Waals surface area contributed by atoms with E-state index < -0.39 is 0 Å². The van der Waals surface area contributed by atoms with Gasteiger partial charge in [-0.3, -0.25) is 19.2 Å². The summed E-state index contributed by atoms with van der Waals surface area (Å²) in [5.74, 6) is 0.147. The summed E-state index contributed by atoms with van der Waals surface area (Å²) < 4.78 is 1.76. The molecule has 1 aromatic carbocycles. The van der Waals surface area contributed by atoms with Crippen molar-refractivity contribution in [3.63, 3.8) is 0 Å². The van der Waals surface area contributed by atoms with Crippen molar-refractivity contribution in [1.29, 1.82) is 0 Å². The Morgan fingerprint density at radius 2 is 1.78 bits per heavy atom. The Balaban J connectivity index is 1.61. The lowest BCUT2D eigenvalue weighted by atomic mass is 10.1. The molecule has 0 radical (unpaired) electrons. The van der Waals surface area contributed by atoms with Crippen LogP contribution in [0.15, 0.2) is 36.7 Å². The van der Waals surface area contributed by atoms with Crippen molar-refractivity contribution >= 4 is 11.8 Å². The van der Waals surface area contributed by atoms with E-state index in [2.05, 4.69) is 10.00 Å². The lowest BCUT2D eigenvalue weighted by Crippen LogP contribution is -2.39. The highest BCUT2D eigenvalue weighted by Gasteiger charge is 2.21. The molecule has 1 aromatic heterocycles. The highest BCUT2D eigenvalue weighted by atomic mass is 16.2. The Labute approximate surface area is 160 Å². The molecule has 0 N–H and O–H groups in total. The minimum Gasteiger partial charge on any atom is -0.348 e. The molecule has 1 aliphatic rings. The molecule has 0 spiro atoms. The number of aryl methyl sites for hydroxylation is 1. The van der Waals surface area contributed by atoms with E-state index in [9.17, 15) is 9.59 Å². The van der Waals surface area contributed by atoms with Crippen LogP contribution in [0.1, 0.15) is 16.8 Å². The fourth-order valence-corrected chi connectivity index (χ4v) is 3.22. The third-order valence-corrected chi connectivity index (χ3v) is 4.90. The Bertz CT molecular complexity index is 797. The average Bonchev–Trinajstić information content (AvgIpc) is 2.96. The topological polar surface area (TPSA) is 61.7 Å². The third kappa shape index (κ3) is 4.74. The molecule has 7 heteroatoms. The van der Waals surface area contributed by atoms with Crippen LogP contribution in [-0.2, 0) is 11.8 Å². The van der Waals surface area contributed by atoms with Gasteiger partial charge in [0.2, 0.25) is 5.91 Å². The van der Waals surface area contributed by atoms with Crippen LogP contribution in [-0.4, -0.2) is 83.1 Å². The van der Waals surface area contributed by atoms with Crippen LogP contribution < -0.4 is 0 Å². The lowest BCUT2D eigenvalue weighted by molar-refractivity contribution is -0.129. The second kappa shape index (κ2) is 8.35. The molecule has 0 atom stereocenters. The Morgan fingerprint density at radius 1 is 1.04 bits per heavy atom. The van der Waals surface area contributed by atoms with E-state index in [-0.39, 0.29) is 11.8 Å². The number of carbonyl (C=O) groups is 2. The largest absolute Gasteiger partial charge is 0.348 e. The van der Waals surface area contributed by atoms with Gasteiger partial charge in [0, 0.05) is 64.6 Å². The summed E-state index contributed by atoms with van der Waals surface area (Å²) in [5.41, 5.74) is 2.77. The monoisotopic (exact) mass is 369 g/mol. The van der Waals surface area contributed by atoms with Crippen LogP contribution in [0.4, 0.5) is 0 Å². The first-order valence-corrected chi connectivity index (χ1v) is 9.25. The van der Waals surface area contributed by atoms with E-state index in [1.165, 1.54) is 0 Å². The Kier molecular flexibility index (Phi) is 5.91. The molecule has 2 aromatic rings. The average molecular weight is 369 g/mol. The van der Waals surface area contributed by atoms with Crippen LogP contribution in [0, 0.1) is 0 Å². The summed E-state index contributed by atoms with van der Waals surface area (Å²) in [6.07, 6.45) is 4.64. The van der Waals surface area contributed by atoms with Gasteiger partial charge in [0.05, 0.1) is 12.7 Å². The van der Waals surface area contributed by atoms with Gasteiger partial charge in [-0.15, -0.1) is 0 Å². The Morgan fingerprint density at radius 3 is 2.41 bits per heavy atom. The molecule has 0 saturated carbocycles. The van der Waals surface area contributed by atoms with Gasteiger partial charge in [-0.2, -0.15) is 5.10 Å². The van der Waals surface area contributed by atoms with Gasteiger partial charge in [0.15, 0.2) is 0 Å². The van der Waals surface area contributed by atoms with Crippen molar-refractivity contribution in [2.45, 2.75) is 6.42 Å². The van der Waals surface area contributed by atoms with Crippen molar-refractivity contribution in [3.05, 3.63) is 42.2 Å². The molecule has 1 saturated heterocycles. The normalized spacial score (nSPS) is 15.4. The molecular weight excluding hydrogens is 342 g/mol. The summed E-state index contributed by atoms with van der Waals surface area (Å²) in [7, 11) is 5.42. The predicted octanol–water partition coefficient (Wildman–Crippen LogP) is 1.32.